The number of piperidine rings is 1. The third kappa shape index (κ3) is 1.92. The number of nitrogens with zero attached hydrogens (tertiary/aromatic N) is 2. The summed E-state index contributed by atoms with van der Waals surface area (Å²) in [7, 11) is 0. The van der Waals surface area contributed by atoms with Gasteiger partial charge in [0, 0.05) is 12.1 Å². The highest BCUT2D eigenvalue weighted by molar-refractivity contribution is 5.87. The molecular formula is C12H19N3O. The van der Waals surface area contributed by atoms with Gasteiger partial charge in [-0.1, -0.05) is 6.42 Å². The van der Waals surface area contributed by atoms with Gasteiger partial charge in [0.25, 0.3) is 5.91 Å². The standard InChI is InChI=1S/C12H19N3O/c1-9-4-3-5-10(2)15(9)14-11(16)12(8-13)6-7-12/h9-10H,3-7H2,1-2H3,(H,14,16). The Morgan fingerprint density at radius 1 is 1.38 bits per heavy atom. The average Bonchev–Trinajstić information content (AvgIpc) is 3.04. The molecule has 2 unspecified atom stereocenters. The van der Waals surface area contributed by atoms with Crippen LogP contribution in [0.1, 0.15) is 46.0 Å². The van der Waals surface area contributed by atoms with Gasteiger partial charge in [0.1, 0.15) is 5.41 Å². The molecule has 1 N–H and O–H groups in total. The Kier molecular flexibility index (Phi) is 2.90. The molecule has 2 aliphatic rings. The molecular weight excluding hydrogens is 202 g/mol. The number of nitrogens with one attached hydrogen (secondary N) is 1. The first kappa shape index (κ1) is 11.4. The van der Waals surface area contributed by atoms with E-state index in [1.54, 1.807) is 0 Å². The SMILES string of the molecule is CC1CCCC(C)N1NC(=O)C1(C#N)CC1. The summed E-state index contributed by atoms with van der Waals surface area (Å²) in [5, 5.41) is 11.0. The second-order valence-corrected chi connectivity index (χ2v) is 5.17. The Labute approximate surface area is 96.6 Å². The highest BCUT2D eigenvalue weighted by atomic mass is 16.2. The van der Waals surface area contributed by atoms with E-state index in [1.165, 1.54) is 6.42 Å². The van der Waals surface area contributed by atoms with Gasteiger partial charge < -0.3 is 0 Å². The lowest BCUT2D eigenvalue weighted by Gasteiger charge is -2.39. The fourth-order valence-corrected chi connectivity index (χ4v) is 2.38. The van der Waals surface area contributed by atoms with Crippen LogP contribution in [0.15, 0.2) is 0 Å². The van der Waals surface area contributed by atoms with Gasteiger partial charge in [0.15, 0.2) is 0 Å². The van der Waals surface area contributed by atoms with Gasteiger partial charge in [0.05, 0.1) is 6.07 Å². The van der Waals surface area contributed by atoms with Crippen LogP contribution in [0.5, 0.6) is 0 Å². The van der Waals surface area contributed by atoms with E-state index >= 15 is 0 Å². The fraction of sp³-hybridized carbons (Fsp3) is 0.833. The molecule has 2 fully saturated rings. The Balaban J connectivity index is 1.98. The number of amides is 1. The lowest BCUT2D eigenvalue weighted by atomic mass is 9.99. The molecule has 2 rings (SSSR count). The number of carbonyl (C=O) groups is 1. The first-order valence-corrected chi connectivity index (χ1v) is 6.10. The van der Waals surface area contributed by atoms with E-state index in [0.717, 1.165) is 12.8 Å². The van der Waals surface area contributed by atoms with Crippen molar-refractivity contribution < 1.29 is 4.79 Å². The molecule has 0 radical (unpaired) electrons. The summed E-state index contributed by atoms with van der Waals surface area (Å²) in [5.74, 6) is -0.101. The molecule has 1 heterocycles. The van der Waals surface area contributed by atoms with Crippen molar-refractivity contribution in [1.29, 1.82) is 5.26 Å². The largest absolute Gasteiger partial charge is 0.287 e. The Morgan fingerprint density at radius 2 is 1.94 bits per heavy atom. The van der Waals surface area contributed by atoms with E-state index in [9.17, 15) is 4.79 Å². The van der Waals surface area contributed by atoms with Crippen molar-refractivity contribution in [3.8, 4) is 6.07 Å². The molecule has 0 aromatic rings. The first-order valence-electron chi connectivity index (χ1n) is 6.10. The van der Waals surface area contributed by atoms with Crippen LogP contribution in [-0.2, 0) is 4.79 Å². The maximum atomic E-state index is 11.9. The van der Waals surface area contributed by atoms with Crippen molar-refractivity contribution in [1.82, 2.24) is 10.4 Å². The molecule has 2 atom stereocenters. The van der Waals surface area contributed by atoms with Crippen LogP contribution in [0.2, 0.25) is 0 Å². The maximum Gasteiger partial charge on any atom is 0.254 e. The minimum atomic E-state index is -0.711. The van der Waals surface area contributed by atoms with Crippen molar-refractivity contribution in [2.45, 2.75) is 58.0 Å². The van der Waals surface area contributed by atoms with Crippen molar-refractivity contribution in [3.05, 3.63) is 0 Å². The van der Waals surface area contributed by atoms with Crippen molar-refractivity contribution in [3.63, 3.8) is 0 Å². The summed E-state index contributed by atoms with van der Waals surface area (Å²) in [6.45, 7) is 4.25. The monoisotopic (exact) mass is 221 g/mol. The normalized spacial score (nSPS) is 32.8. The molecule has 1 aliphatic carbocycles. The van der Waals surface area contributed by atoms with E-state index in [1.807, 2.05) is 5.01 Å². The zero-order valence-corrected chi connectivity index (χ0v) is 9.99. The van der Waals surface area contributed by atoms with Crippen LogP contribution in [0.4, 0.5) is 0 Å². The molecule has 0 bridgehead atoms. The van der Waals surface area contributed by atoms with Crippen LogP contribution in [0.3, 0.4) is 0 Å². The van der Waals surface area contributed by atoms with Gasteiger partial charge in [-0.2, -0.15) is 5.26 Å². The summed E-state index contributed by atoms with van der Waals surface area (Å²) < 4.78 is 0. The number of nitriles is 1. The molecule has 1 saturated carbocycles. The minimum absolute atomic E-state index is 0.101. The van der Waals surface area contributed by atoms with E-state index < -0.39 is 5.41 Å². The van der Waals surface area contributed by atoms with Crippen molar-refractivity contribution in [2.24, 2.45) is 5.41 Å². The van der Waals surface area contributed by atoms with Gasteiger partial charge in [-0.05, 0) is 39.5 Å². The summed E-state index contributed by atoms with van der Waals surface area (Å²) >= 11 is 0. The second kappa shape index (κ2) is 4.06. The molecule has 1 saturated heterocycles. The number of carbonyl (C=O) groups excluding carboxylic acids is 1. The zero-order valence-electron chi connectivity index (χ0n) is 9.99. The molecule has 0 spiro atoms. The molecule has 88 valence electrons. The van der Waals surface area contributed by atoms with Crippen LogP contribution in [0.25, 0.3) is 0 Å². The number of rotatable bonds is 2. The molecule has 0 aromatic heterocycles. The smallest absolute Gasteiger partial charge is 0.254 e. The van der Waals surface area contributed by atoms with Crippen LogP contribution < -0.4 is 5.43 Å². The van der Waals surface area contributed by atoms with Crippen LogP contribution >= 0.6 is 0 Å². The molecule has 1 amide bonds. The van der Waals surface area contributed by atoms with E-state index in [4.69, 9.17) is 5.26 Å². The van der Waals surface area contributed by atoms with E-state index in [-0.39, 0.29) is 5.91 Å². The van der Waals surface area contributed by atoms with Gasteiger partial charge in [-0.3, -0.25) is 10.2 Å². The maximum absolute atomic E-state index is 11.9. The van der Waals surface area contributed by atoms with Gasteiger partial charge >= 0.3 is 0 Å². The predicted molar refractivity (Wildman–Crippen MR) is 60.0 cm³/mol. The number of hydrazine groups is 1. The number of hydrogen-bond acceptors (Lipinski definition) is 3. The summed E-state index contributed by atoms with van der Waals surface area (Å²) in [5.41, 5.74) is 2.23. The molecule has 4 heteroatoms. The summed E-state index contributed by atoms with van der Waals surface area (Å²) in [6.07, 6.45) is 4.88. The van der Waals surface area contributed by atoms with Gasteiger partial charge in [-0.15, -0.1) is 0 Å². The van der Waals surface area contributed by atoms with E-state index in [2.05, 4.69) is 25.3 Å². The third-order valence-electron chi connectivity index (χ3n) is 3.82. The minimum Gasteiger partial charge on any atom is -0.287 e. The topological polar surface area (TPSA) is 56.1 Å². The second-order valence-electron chi connectivity index (χ2n) is 5.17. The lowest BCUT2D eigenvalue weighted by Crippen LogP contribution is -2.55. The van der Waals surface area contributed by atoms with E-state index in [0.29, 0.717) is 24.9 Å². The zero-order chi connectivity index (χ0) is 11.8. The van der Waals surface area contributed by atoms with Gasteiger partial charge in [-0.25, -0.2) is 5.01 Å². The van der Waals surface area contributed by atoms with Crippen molar-refractivity contribution in [2.75, 3.05) is 0 Å². The molecule has 0 aromatic carbocycles. The van der Waals surface area contributed by atoms with Crippen molar-refractivity contribution >= 4 is 5.91 Å². The highest BCUT2D eigenvalue weighted by Gasteiger charge is 2.51. The molecule has 1 aliphatic heterocycles. The average molecular weight is 221 g/mol. The first-order chi connectivity index (χ1) is 7.59. The Morgan fingerprint density at radius 3 is 2.38 bits per heavy atom. The van der Waals surface area contributed by atoms with Crippen LogP contribution in [-0.4, -0.2) is 23.0 Å². The Bertz CT molecular complexity index is 320. The summed E-state index contributed by atoms with van der Waals surface area (Å²) in [4.78, 5) is 11.9. The highest BCUT2D eigenvalue weighted by Crippen LogP contribution is 2.45. The Hall–Kier alpha value is -1.08. The van der Waals surface area contributed by atoms with Gasteiger partial charge in [0.2, 0.25) is 0 Å². The quantitative estimate of drug-likeness (QED) is 0.770. The van der Waals surface area contributed by atoms with Crippen LogP contribution in [0, 0.1) is 16.7 Å². The third-order valence-corrected chi connectivity index (χ3v) is 3.82. The lowest BCUT2D eigenvalue weighted by molar-refractivity contribution is -0.132. The molecule has 16 heavy (non-hydrogen) atoms. The molecule has 4 nitrogen and oxygen atoms in total. The predicted octanol–water partition coefficient (Wildman–Crippen LogP) is 1.58. The summed E-state index contributed by atoms with van der Waals surface area (Å²) in [6, 6.07) is 2.89. The number of hydrogen-bond donors (Lipinski definition) is 1. The fourth-order valence-electron chi connectivity index (χ4n) is 2.38.